The Bertz CT molecular complexity index is 295. The zero-order valence-electron chi connectivity index (χ0n) is 10.9. The fourth-order valence-corrected chi connectivity index (χ4v) is 2.34. The molecule has 0 spiro atoms. The summed E-state index contributed by atoms with van der Waals surface area (Å²) >= 11 is 1.93. The van der Waals surface area contributed by atoms with Crippen molar-refractivity contribution >= 4 is 11.8 Å². The summed E-state index contributed by atoms with van der Waals surface area (Å²) in [6.07, 6.45) is 1.19. The van der Waals surface area contributed by atoms with Crippen molar-refractivity contribution in [2.24, 2.45) is 0 Å². The highest BCUT2D eigenvalue weighted by Gasteiger charge is 2.20. The van der Waals surface area contributed by atoms with E-state index in [1.807, 2.05) is 11.8 Å². The van der Waals surface area contributed by atoms with E-state index in [1.165, 1.54) is 11.3 Å². The summed E-state index contributed by atoms with van der Waals surface area (Å²) in [5.74, 6) is 1.16. The Hall–Kier alpha value is -0.470. The van der Waals surface area contributed by atoms with Gasteiger partial charge in [0.05, 0.1) is 0 Å². The zero-order valence-corrected chi connectivity index (χ0v) is 11.7. The summed E-state index contributed by atoms with van der Waals surface area (Å²) in [5, 5.41) is 0. The summed E-state index contributed by atoms with van der Waals surface area (Å²) in [6.45, 7) is 8.00. The van der Waals surface area contributed by atoms with Crippen LogP contribution in [0.15, 0.2) is 35.2 Å². The molecule has 0 amide bonds. The van der Waals surface area contributed by atoms with Gasteiger partial charge in [0.25, 0.3) is 0 Å². The number of hydrogen-bond donors (Lipinski definition) is 0. The fraction of sp³-hybridized carbons (Fsp3) is 0.571. The van der Waals surface area contributed by atoms with E-state index in [0.717, 1.165) is 12.3 Å². The topological polar surface area (TPSA) is 3.24 Å². The average Bonchev–Trinajstić information content (AvgIpc) is 2.30. The van der Waals surface area contributed by atoms with Crippen LogP contribution in [-0.2, 0) is 0 Å². The van der Waals surface area contributed by atoms with E-state index in [-0.39, 0.29) is 0 Å². The van der Waals surface area contributed by atoms with Crippen molar-refractivity contribution in [3.63, 3.8) is 0 Å². The molecule has 16 heavy (non-hydrogen) atoms. The van der Waals surface area contributed by atoms with E-state index in [9.17, 15) is 0 Å². The highest BCUT2D eigenvalue weighted by molar-refractivity contribution is 7.99. The number of thioether (sulfide) groups is 1. The van der Waals surface area contributed by atoms with E-state index >= 15 is 0 Å². The Balaban J connectivity index is 2.31. The van der Waals surface area contributed by atoms with Crippen LogP contribution in [0.4, 0.5) is 0 Å². The summed E-state index contributed by atoms with van der Waals surface area (Å²) < 4.78 is 0. The zero-order chi connectivity index (χ0) is 12.0. The van der Waals surface area contributed by atoms with Gasteiger partial charge in [-0.1, -0.05) is 25.1 Å². The average molecular weight is 237 g/mol. The van der Waals surface area contributed by atoms with E-state index in [4.69, 9.17) is 0 Å². The van der Waals surface area contributed by atoms with Crippen molar-refractivity contribution in [1.82, 2.24) is 4.90 Å². The van der Waals surface area contributed by atoms with Crippen molar-refractivity contribution in [1.29, 1.82) is 0 Å². The van der Waals surface area contributed by atoms with Crippen LogP contribution in [0.3, 0.4) is 0 Å². The second-order valence-electron chi connectivity index (χ2n) is 4.75. The highest BCUT2D eigenvalue weighted by Crippen LogP contribution is 2.20. The van der Waals surface area contributed by atoms with Crippen LogP contribution in [-0.4, -0.2) is 29.8 Å². The van der Waals surface area contributed by atoms with E-state index in [2.05, 4.69) is 63.1 Å². The summed E-state index contributed by atoms with van der Waals surface area (Å²) in [5.41, 5.74) is 0.317. The SMILES string of the molecule is CCC(C)(C)N(C)CCSc1ccccc1. The lowest BCUT2D eigenvalue weighted by Crippen LogP contribution is -2.41. The number of nitrogens with zero attached hydrogens (tertiary/aromatic N) is 1. The lowest BCUT2D eigenvalue weighted by molar-refractivity contribution is 0.161. The number of hydrogen-bond acceptors (Lipinski definition) is 2. The Labute approximate surface area is 104 Å². The third kappa shape index (κ3) is 4.18. The first-order valence-corrected chi connectivity index (χ1v) is 6.94. The largest absolute Gasteiger partial charge is 0.300 e. The number of rotatable bonds is 6. The fourth-order valence-electron chi connectivity index (χ4n) is 1.39. The quantitative estimate of drug-likeness (QED) is 0.690. The van der Waals surface area contributed by atoms with Crippen LogP contribution in [0.2, 0.25) is 0 Å². The van der Waals surface area contributed by atoms with Crippen molar-refractivity contribution in [2.45, 2.75) is 37.6 Å². The second kappa shape index (κ2) is 6.31. The molecule has 0 fully saturated rings. The molecule has 0 radical (unpaired) electrons. The molecule has 1 aromatic carbocycles. The van der Waals surface area contributed by atoms with E-state index in [0.29, 0.717) is 5.54 Å². The van der Waals surface area contributed by atoms with Gasteiger partial charge in [0, 0.05) is 22.7 Å². The number of benzene rings is 1. The van der Waals surface area contributed by atoms with Crippen molar-refractivity contribution in [2.75, 3.05) is 19.3 Å². The van der Waals surface area contributed by atoms with Gasteiger partial charge in [-0.15, -0.1) is 11.8 Å². The maximum atomic E-state index is 2.45. The summed E-state index contributed by atoms with van der Waals surface area (Å²) in [6, 6.07) is 10.6. The first-order chi connectivity index (χ1) is 7.56. The molecule has 0 aliphatic carbocycles. The van der Waals surface area contributed by atoms with E-state index < -0.39 is 0 Å². The third-order valence-electron chi connectivity index (χ3n) is 3.34. The molecule has 1 aromatic rings. The molecule has 0 atom stereocenters. The lowest BCUT2D eigenvalue weighted by atomic mass is 10.0. The second-order valence-corrected chi connectivity index (χ2v) is 5.92. The molecule has 0 aliphatic rings. The van der Waals surface area contributed by atoms with Crippen molar-refractivity contribution < 1.29 is 0 Å². The molecule has 0 aromatic heterocycles. The van der Waals surface area contributed by atoms with Gasteiger partial charge < -0.3 is 4.90 Å². The standard InChI is InChI=1S/C14H23NS/c1-5-14(2,3)15(4)11-12-16-13-9-7-6-8-10-13/h6-10H,5,11-12H2,1-4H3. The van der Waals surface area contributed by atoms with Gasteiger partial charge in [0.1, 0.15) is 0 Å². The minimum atomic E-state index is 0.317. The monoisotopic (exact) mass is 237 g/mol. The van der Waals surface area contributed by atoms with Crippen molar-refractivity contribution in [3.8, 4) is 0 Å². The van der Waals surface area contributed by atoms with Crippen LogP contribution in [0.1, 0.15) is 27.2 Å². The molecule has 0 bridgehead atoms. The lowest BCUT2D eigenvalue weighted by Gasteiger charge is -2.34. The van der Waals surface area contributed by atoms with E-state index in [1.54, 1.807) is 0 Å². The van der Waals surface area contributed by atoms with Gasteiger partial charge in [-0.05, 0) is 39.4 Å². The van der Waals surface area contributed by atoms with Gasteiger partial charge in [-0.3, -0.25) is 0 Å². The van der Waals surface area contributed by atoms with Gasteiger partial charge in [0.2, 0.25) is 0 Å². The normalized spacial score (nSPS) is 12.1. The molecule has 2 heteroatoms. The van der Waals surface area contributed by atoms with Gasteiger partial charge in [-0.2, -0.15) is 0 Å². The molecule has 0 N–H and O–H groups in total. The first kappa shape index (κ1) is 13.6. The Kier molecular flexibility index (Phi) is 5.36. The molecule has 0 aliphatic heterocycles. The van der Waals surface area contributed by atoms with Gasteiger partial charge in [-0.25, -0.2) is 0 Å². The van der Waals surface area contributed by atoms with Crippen LogP contribution in [0.5, 0.6) is 0 Å². The molecule has 0 saturated heterocycles. The molecule has 1 rings (SSSR count). The van der Waals surface area contributed by atoms with Crippen LogP contribution in [0.25, 0.3) is 0 Å². The smallest absolute Gasteiger partial charge is 0.0147 e. The molecule has 90 valence electrons. The maximum Gasteiger partial charge on any atom is 0.0147 e. The predicted molar refractivity (Wildman–Crippen MR) is 74.2 cm³/mol. The molecule has 0 saturated carbocycles. The Morgan fingerprint density at radius 1 is 1.19 bits per heavy atom. The molecular formula is C14H23NS. The summed E-state index contributed by atoms with van der Waals surface area (Å²) in [7, 11) is 2.22. The molecular weight excluding hydrogens is 214 g/mol. The molecule has 1 nitrogen and oxygen atoms in total. The van der Waals surface area contributed by atoms with Gasteiger partial charge >= 0.3 is 0 Å². The van der Waals surface area contributed by atoms with Gasteiger partial charge in [0.15, 0.2) is 0 Å². The third-order valence-corrected chi connectivity index (χ3v) is 4.33. The highest BCUT2D eigenvalue weighted by atomic mass is 32.2. The minimum Gasteiger partial charge on any atom is -0.300 e. The minimum absolute atomic E-state index is 0.317. The maximum absolute atomic E-state index is 2.45. The van der Waals surface area contributed by atoms with Crippen LogP contribution >= 0.6 is 11.8 Å². The van der Waals surface area contributed by atoms with Crippen molar-refractivity contribution in [3.05, 3.63) is 30.3 Å². The molecule has 0 unspecified atom stereocenters. The predicted octanol–water partition coefficient (Wildman–Crippen LogP) is 3.90. The first-order valence-electron chi connectivity index (χ1n) is 5.95. The summed E-state index contributed by atoms with van der Waals surface area (Å²) in [4.78, 5) is 3.81. The van der Waals surface area contributed by atoms with Crippen LogP contribution < -0.4 is 0 Å². The van der Waals surface area contributed by atoms with Crippen LogP contribution in [0, 0.1) is 0 Å². The molecule has 0 heterocycles. The Morgan fingerprint density at radius 2 is 1.81 bits per heavy atom. The Morgan fingerprint density at radius 3 is 2.38 bits per heavy atom.